The van der Waals surface area contributed by atoms with E-state index in [1.165, 1.54) is 0 Å². The summed E-state index contributed by atoms with van der Waals surface area (Å²) in [6.45, 7) is 5.84. The Kier molecular flexibility index (Phi) is 3.73. The van der Waals surface area contributed by atoms with Crippen LogP contribution in [0.2, 0.25) is 0 Å². The van der Waals surface area contributed by atoms with Crippen molar-refractivity contribution in [2.45, 2.75) is 51.7 Å². The number of nitrogens with zero attached hydrogens (tertiary/aromatic N) is 3. The van der Waals surface area contributed by atoms with Crippen molar-refractivity contribution in [3.05, 3.63) is 12.2 Å². The second kappa shape index (κ2) is 4.97. The molecule has 0 bridgehead atoms. The number of aliphatic hydroxyl groups is 1. The highest BCUT2D eigenvalue weighted by atomic mass is 16.3. The third-order valence-corrected chi connectivity index (χ3v) is 4.08. The van der Waals surface area contributed by atoms with Gasteiger partial charge in [-0.25, -0.2) is 4.98 Å². The van der Waals surface area contributed by atoms with E-state index in [1.54, 1.807) is 11.0 Å². The Hall–Kier alpha value is -0.940. The molecule has 102 valence electrons. The van der Waals surface area contributed by atoms with E-state index in [2.05, 4.69) is 29.2 Å². The number of aryl methyl sites for hydroxylation is 1. The van der Waals surface area contributed by atoms with Crippen LogP contribution in [0.15, 0.2) is 6.33 Å². The quantitative estimate of drug-likeness (QED) is 0.846. The van der Waals surface area contributed by atoms with Gasteiger partial charge in [0.25, 0.3) is 0 Å². The second-order valence-corrected chi connectivity index (χ2v) is 6.29. The van der Waals surface area contributed by atoms with Crippen LogP contribution in [0, 0.1) is 5.41 Å². The number of hydrogen-bond acceptors (Lipinski definition) is 4. The molecule has 0 aromatic carbocycles. The molecule has 0 aliphatic heterocycles. The molecule has 0 saturated heterocycles. The molecule has 1 saturated carbocycles. The highest BCUT2D eigenvalue weighted by molar-refractivity contribution is 4.91. The van der Waals surface area contributed by atoms with Crippen LogP contribution in [0.1, 0.15) is 45.4 Å². The summed E-state index contributed by atoms with van der Waals surface area (Å²) in [6, 6.07) is 0. The standard InChI is InChI=1S/C13H24N4O/c1-12(2)4-6-13(18,7-5-12)9-14-8-11-15-10-16-17(11)3/h10,14,18H,4-9H2,1-3H3. The lowest BCUT2D eigenvalue weighted by molar-refractivity contribution is -0.0246. The van der Waals surface area contributed by atoms with E-state index in [1.807, 2.05) is 7.05 Å². The van der Waals surface area contributed by atoms with E-state index in [9.17, 15) is 5.11 Å². The average molecular weight is 252 g/mol. The summed E-state index contributed by atoms with van der Waals surface area (Å²) in [7, 11) is 1.88. The fraction of sp³-hybridized carbons (Fsp3) is 0.846. The van der Waals surface area contributed by atoms with E-state index in [0.29, 0.717) is 18.5 Å². The van der Waals surface area contributed by atoms with Crippen molar-refractivity contribution in [2.24, 2.45) is 12.5 Å². The lowest BCUT2D eigenvalue weighted by Gasteiger charge is -2.40. The van der Waals surface area contributed by atoms with E-state index >= 15 is 0 Å². The van der Waals surface area contributed by atoms with Crippen molar-refractivity contribution < 1.29 is 5.11 Å². The third kappa shape index (κ3) is 3.29. The molecular formula is C13H24N4O. The molecule has 1 aromatic heterocycles. The lowest BCUT2D eigenvalue weighted by Crippen LogP contribution is -2.45. The van der Waals surface area contributed by atoms with Crippen LogP contribution in [0.25, 0.3) is 0 Å². The lowest BCUT2D eigenvalue weighted by atomic mass is 9.71. The summed E-state index contributed by atoms with van der Waals surface area (Å²) in [5, 5.41) is 17.8. The zero-order valence-electron chi connectivity index (χ0n) is 11.6. The Morgan fingerprint density at radius 3 is 2.56 bits per heavy atom. The molecule has 1 aliphatic carbocycles. The van der Waals surface area contributed by atoms with E-state index < -0.39 is 5.60 Å². The summed E-state index contributed by atoms with van der Waals surface area (Å²) >= 11 is 0. The highest BCUT2D eigenvalue weighted by Crippen LogP contribution is 2.39. The summed E-state index contributed by atoms with van der Waals surface area (Å²) < 4.78 is 1.75. The predicted octanol–water partition coefficient (Wildman–Crippen LogP) is 1.24. The highest BCUT2D eigenvalue weighted by Gasteiger charge is 2.36. The summed E-state index contributed by atoms with van der Waals surface area (Å²) in [5.74, 6) is 0.898. The van der Waals surface area contributed by atoms with Gasteiger partial charge in [-0.05, 0) is 31.1 Å². The number of nitrogens with one attached hydrogen (secondary N) is 1. The van der Waals surface area contributed by atoms with Crippen LogP contribution >= 0.6 is 0 Å². The van der Waals surface area contributed by atoms with Gasteiger partial charge < -0.3 is 10.4 Å². The van der Waals surface area contributed by atoms with Crippen LogP contribution in [0.3, 0.4) is 0 Å². The van der Waals surface area contributed by atoms with Crippen molar-refractivity contribution >= 4 is 0 Å². The van der Waals surface area contributed by atoms with Gasteiger partial charge in [-0.3, -0.25) is 4.68 Å². The Morgan fingerprint density at radius 2 is 2.00 bits per heavy atom. The minimum absolute atomic E-state index is 0.385. The van der Waals surface area contributed by atoms with Crippen molar-refractivity contribution in [1.29, 1.82) is 0 Å². The maximum Gasteiger partial charge on any atom is 0.140 e. The van der Waals surface area contributed by atoms with Gasteiger partial charge in [0.05, 0.1) is 12.1 Å². The van der Waals surface area contributed by atoms with Gasteiger partial charge >= 0.3 is 0 Å². The van der Waals surface area contributed by atoms with Crippen LogP contribution in [0.5, 0.6) is 0 Å². The molecule has 0 amide bonds. The zero-order valence-corrected chi connectivity index (χ0v) is 11.6. The van der Waals surface area contributed by atoms with Crippen molar-refractivity contribution in [1.82, 2.24) is 20.1 Å². The summed E-state index contributed by atoms with van der Waals surface area (Å²) in [4.78, 5) is 4.15. The minimum Gasteiger partial charge on any atom is -0.389 e. The smallest absolute Gasteiger partial charge is 0.140 e. The Balaban J connectivity index is 1.78. The van der Waals surface area contributed by atoms with Crippen molar-refractivity contribution in [2.75, 3.05) is 6.54 Å². The molecule has 2 N–H and O–H groups in total. The van der Waals surface area contributed by atoms with Crippen LogP contribution in [-0.2, 0) is 13.6 Å². The molecule has 2 rings (SSSR count). The first-order valence-corrected chi connectivity index (χ1v) is 6.66. The molecule has 1 aromatic rings. The first kappa shape index (κ1) is 13.5. The van der Waals surface area contributed by atoms with Gasteiger partial charge in [-0.2, -0.15) is 5.10 Å². The van der Waals surface area contributed by atoms with Gasteiger partial charge in [0.2, 0.25) is 0 Å². The SMILES string of the molecule is Cn1ncnc1CNCC1(O)CCC(C)(C)CC1. The summed E-state index contributed by atoms with van der Waals surface area (Å²) in [6.07, 6.45) is 5.50. The second-order valence-electron chi connectivity index (χ2n) is 6.29. The molecule has 1 aliphatic rings. The minimum atomic E-state index is -0.548. The van der Waals surface area contributed by atoms with E-state index in [4.69, 9.17) is 0 Å². The Morgan fingerprint density at radius 1 is 1.33 bits per heavy atom. The van der Waals surface area contributed by atoms with Gasteiger partial charge in [0, 0.05) is 13.6 Å². The molecule has 1 heterocycles. The first-order valence-electron chi connectivity index (χ1n) is 6.66. The molecule has 0 atom stereocenters. The van der Waals surface area contributed by atoms with E-state index in [-0.39, 0.29) is 0 Å². The fourth-order valence-corrected chi connectivity index (χ4v) is 2.46. The Bertz CT molecular complexity index is 389. The molecule has 0 radical (unpaired) electrons. The summed E-state index contributed by atoms with van der Waals surface area (Å²) in [5.41, 5.74) is -0.163. The zero-order chi connectivity index (χ0) is 13.2. The van der Waals surface area contributed by atoms with Crippen molar-refractivity contribution in [3.8, 4) is 0 Å². The number of aromatic nitrogens is 3. The van der Waals surface area contributed by atoms with Crippen LogP contribution < -0.4 is 5.32 Å². The monoisotopic (exact) mass is 252 g/mol. The normalized spacial score (nSPS) is 22.0. The molecule has 18 heavy (non-hydrogen) atoms. The molecule has 5 nitrogen and oxygen atoms in total. The Labute approximate surface area is 109 Å². The maximum atomic E-state index is 10.5. The van der Waals surface area contributed by atoms with Gasteiger partial charge in [0.15, 0.2) is 0 Å². The molecule has 0 unspecified atom stereocenters. The van der Waals surface area contributed by atoms with Crippen LogP contribution in [0.4, 0.5) is 0 Å². The van der Waals surface area contributed by atoms with Crippen molar-refractivity contribution in [3.63, 3.8) is 0 Å². The number of hydrogen-bond donors (Lipinski definition) is 2. The molecule has 5 heteroatoms. The molecule has 1 fully saturated rings. The molecule has 0 spiro atoms. The van der Waals surface area contributed by atoms with Gasteiger partial charge in [0.1, 0.15) is 12.2 Å². The third-order valence-electron chi connectivity index (χ3n) is 4.08. The topological polar surface area (TPSA) is 63.0 Å². The number of rotatable bonds is 4. The first-order chi connectivity index (χ1) is 8.40. The fourth-order valence-electron chi connectivity index (χ4n) is 2.46. The largest absolute Gasteiger partial charge is 0.389 e. The van der Waals surface area contributed by atoms with Gasteiger partial charge in [-0.1, -0.05) is 13.8 Å². The van der Waals surface area contributed by atoms with Crippen LogP contribution in [-0.4, -0.2) is 32.0 Å². The maximum absolute atomic E-state index is 10.5. The average Bonchev–Trinajstić information content (AvgIpc) is 2.70. The van der Waals surface area contributed by atoms with E-state index in [0.717, 1.165) is 31.5 Å². The molecular weight excluding hydrogens is 228 g/mol. The van der Waals surface area contributed by atoms with Gasteiger partial charge in [-0.15, -0.1) is 0 Å². The predicted molar refractivity (Wildman–Crippen MR) is 69.9 cm³/mol.